The summed E-state index contributed by atoms with van der Waals surface area (Å²) in [5.74, 6) is 0. The number of nitrogens with one attached hydrogen (secondary N) is 1. The molecule has 0 unspecified atom stereocenters. The predicted molar refractivity (Wildman–Crippen MR) is 156 cm³/mol. The van der Waals surface area contributed by atoms with E-state index in [2.05, 4.69) is 5.32 Å². The van der Waals surface area contributed by atoms with Gasteiger partial charge in [-0.3, -0.25) is 0 Å². The van der Waals surface area contributed by atoms with E-state index in [1.807, 2.05) is 60.7 Å². The molecule has 0 saturated carbocycles. The molecule has 1 amide bonds. The molecule has 0 aromatic heterocycles. The zero-order chi connectivity index (χ0) is 29.6. The Morgan fingerprint density at radius 1 is 0.878 bits per heavy atom. The van der Waals surface area contributed by atoms with Crippen LogP contribution in [-0.2, 0) is 28.4 Å². The van der Waals surface area contributed by atoms with Crippen molar-refractivity contribution in [1.82, 2.24) is 5.32 Å². The first-order valence-electron chi connectivity index (χ1n) is 12.0. The maximum Gasteiger partial charge on any atom is 0.508 e. The molecule has 2 aliphatic rings. The van der Waals surface area contributed by atoms with E-state index in [1.54, 1.807) is 0 Å². The number of alkyl carbamates (subject to hydrolysis) is 1. The number of carbonyl (C=O) groups is 2. The minimum Gasteiger partial charge on any atom is -0.445 e. The summed E-state index contributed by atoms with van der Waals surface area (Å²) in [4.78, 5) is 26.4. The molecule has 6 atom stereocenters. The Balaban J connectivity index is 1.63. The summed E-state index contributed by atoms with van der Waals surface area (Å²) < 4.78 is 30.6. The molecule has 0 spiro atoms. The standard InChI is InChI=1S/C25H23Cl6NO8S/c26-24(27,28)12-36-22(33)32-17-19(40-23(34)37-13-25(29,30)31)18-16(38-21(17)41-15-9-5-2-6-10-15)11-35-20(39-18)14-7-3-1-4-8-14/h1-10,16-21H,11-13H2,(H,32,33)/t16-,17-,18-,19-,20-,21+/m1/s1. The molecule has 4 rings (SSSR count). The summed E-state index contributed by atoms with van der Waals surface area (Å²) in [5, 5.41) is 2.66. The molecule has 9 nitrogen and oxygen atoms in total. The number of thioether (sulfide) groups is 1. The third-order valence-corrected chi connectivity index (χ3v) is 7.48. The van der Waals surface area contributed by atoms with Crippen LogP contribution >= 0.6 is 81.4 Å². The SMILES string of the molecule is O=C(N[C@@H]1[C@@H](OC(=O)OCC(Cl)(Cl)Cl)[C@@H]2O[C@H](c3ccccc3)OC[C@H]2O[C@H]1Sc1ccccc1)OCC(Cl)(Cl)Cl. The van der Waals surface area contributed by atoms with Gasteiger partial charge in [-0.2, -0.15) is 0 Å². The van der Waals surface area contributed by atoms with Crippen LogP contribution in [0.15, 0.2) is 65.6 Å². The number of halogens is 6. The van der Waals surface area contributed by atoms with Crippen molar-refractivity contribution in [3.8, 4) is 0 Å². The highest BCUT2D eigenvalue weighted by Crippen LogP contribution is 2.40. The van der Waals surface area contributed by atoms with Crippen LogP contribution in [0.25, 0.3) is 0 Å². The molecule has 0 aliphatic carbocycles. The highest BCUT2D eigenvalue weighted by atomic mass is 35.6. The second-order valence-corrected chi connectivity index (χ2v) is 15.0. The average Bonchev–Trinajstić information content (AvgIpc) is 2.92. The lowest BCUT2D eigenvalue weighted by Crippen LogP contribution is -2.66. The summed E-state index contributed by atoms with van der Waals surface area (Å²) in [5.41, 5.74) is -0.110. The van der Waals surface area contributed by atoms with Crippen LogP contribution in [0.2, 0.25) is 0 Å². The van der Waals surface area contributed by atoms with Crippen molar-refractivity contribution in [3.63, 3.8) is 0 Å². The van der Waals surface area contributed by atoms with Crippen LogP contribution in [0.5, 0.6) is 0 Å². The Morgan fingerprint density at radius 3 is 2.12 bits per heavy atom. The summed E-state index contributed by atoms with van der Waals surface area (Å²) >= 11 is 35.7. The van der Waals surface area contributed by atoms with Crippen LogP contribution in [0.1, 0.15) is 11.9 Å². The van der Waals surface area contributed by atoms with Crippen LogP contribution in [0, 0.1) is 0 Å². The number of alkyl halides is 6. The Morgan fingerprint density at radius 2 is 1.49 bits per heavy atom. The van der Waals surface area contributed by atoms with E-state index in [-0.39, 0.29) is 6.61 Å². The Hall–Kier alpha value is -1.05. The van der Waals surface area contributed by atoms with Gasteiger partial charge in [-0.1, -0.05) is 130 Å². The Labute approximate surface area is 270 Å². The molecule has 0 radical (unpaired) electrons. The zero-order valence-electron chi connectivity index (χ0n) is 20.8. The van der Waals surface area contributed by atoms with E-state index in [0.29, 0.717) is 0 Å². The molecule has 2 fully saturated rings. The van der Waals surface area contributed by atoms with E-state index >= 15 is 0 Å². The molecule has 2 aliphatic heterocycles. The second kappa shape index (κ2) is 14.6. The van der Waals surface area contributed by atoms with Gasteiger partial charge in [-0.15, -0.1) is 0 Å². The number of fused-ring (bicyclic) bond motifs is 1. The first-order chi connectivity index (χ1) is 19.4. The molecule has 2 heterocycles. The van der Waals surface area contributed by atoms with Crippen molar-refractivity contribution < 1.29 is 38.0 Å². The second-order valence-electron chi connectivity index (χ2n) is 8.75. The number of hydrogen-bond acceptors (Lipinski definition) is 9. The lowest BCUT2D eigenvalue weighted by atomic mass is 9.96. The fraction of sp³-hybridized carbons (Fsp3) is 0.440. The minimum absolute atomic E-state index is 0.0869. The van der Waals surface area contributed by atoms with Crippen LogP contribution in [0.3, 0.4) is 0 Å². The normalized spacial score (nSPS) is 26.4. The first-order valence-corrected chi connectivity index (χ1v) is 15.1. The quantitative estimate of drug-likeness (QED) is 0.241. The van der Waals surface area contributed by atoms with Gasteiger partial charge in [0.05, 0.1) is 6.61 Å². The lowest BCUT2D eigenvalue weighted by Gasteiger charge is -2.48. The van der Waals surface area contributed by atoms with E-state index in [0.717, 1.165) is 10.5 Å². The minimum atomic E-state index is -1.88. The molecule has 41 heavy (non-hydrogen) atoms. The highest BCUT2D eigenvalue weighted by Gasteiger charge is 2.53. The van der Waals surface area contributed by atoms with E-state index < -0.39 is 69.1 Å². The molecular weight excluding hydrogens is 687 g/mol. The number of amides is 1. The van der Waals surface area contributed by atoms with Crippen molar-refractivity contribution >= 4 is 93.6 Å². The van der Waals surface area contributed by atoms with Crippen LogP contribution in [-0.4, -0.2) is 69.4 Å². The van der Waals surface area contributed by atoms with Crippen LogP contribution in [0.4, 0.5) is 9.59 Å². The van der Waals surface area contributed by atoms with Gasteiger partial charge in [0, 0.05) is 10.5 Å². The highest BCUT2D eigenvalue weighted by molar-refractivity contribution is 7.99. The van der Waals surface area contributed by atoms with Gasteiger partial charge in [0.15, 0.2) is 12.4 Å². The fourth-order valence-corrected chi connectivity index (χ4v) is 5.47. The molecule has 0 bridgehead atoms. The third kappa shape index (κ3) is 10.3. The van der Waals surface area contributed by atoms with Crippen molar-refractivity contribution in [2.24, 2.45) is 0 Å². The van der Waals surface area contributed by atoms with Gasteiger partial charge in [-0.25, -0.2) is 9.59 Å². The topological polar surface area (TPSA) is 102 Å². The van der Waals surface area contributed by atoms with E-state index in [9.17, 15) is 9.59 Å². The molecule has 1 N–H and O–H groups in total. The Bertz CT molecular complexity index is 1160. The number of benzene rings is 2. The van der Waals surface area contributed by atoms with Gasteiger partial charge in [0.2, 0.25) is 7.59 Å². The van der Waals surface area contributed by atoms with Gasteiger partial charge in [0.25, 0.3) is 0 Å². The summed E-state index contributed by atoms with van der Waals surface area (Å²) in [6.07, 6.45) is -5.78. The van der Waals surface area contributed by atoms with Gasteiger partial charge in [-0.05, 0) is 12.1 Å². The number of hydrogen-bond donors (Lipinski definition) is 1. The van der Waals surface area contributed by atoms with Gasteiger partial charge >= 0.3 is 12.2 Å². The summed E-state index contributed by atoms with van der Waals surface area (Å²) in [7, 11) is 0. The lowest BCUT2D eigenvalue weighted by molar-refractivity contribution is -0.307. The van der Waals surface area contributed by atoms with Gasteiger partial charge in [0.1, 0.15) is 36.9 Å². The molecule has 16 heteroatoms. The predicted octanol–water partition coefficient (Wildman–Crippen LogP) is 6.97. The zero-order valence-corrected chi connectivity index (χ0v) is 26.2. The van der Waals surface area contributed by atoms with Crippen molar-refractivity contribution in [2.75, 3.05) is 19.8 Å². The summed E-state index contributed by atoms with van der Waals surface area (Å²) in [6.45, 7) is -1.05. The van der Waals surface area contributed by atoms with Crippen LogP contribution < -0.4 is 5.32 Å². The van der Waals surface area contributed by atoms with Crippen molar-refractivity contribution in [3.05, 3.63) is 66.2 Å². The maximum absolute atomic E-state index is 12.8. The summed E-state index contributed by atoms with van der Waals surface area (Å²) in [6, 6.07) is 17.3. The largest absolute Gasteiger partial charge is 0.508 e. The number of rotatable bonds is 7. The molecule has 2 aromatic carbocycles. The molecule has 2 aromatic rings. The average molecular weight is 710 g/mol. The molecule has 2 saturated heterocycles. The van der Waals surface area contributed by atoms with Crippen molar-refractivity contribution in [1.29, 1.82) is 0 Å². The van der Waals surface area contributed by atoms with E-state index in [1.165, 1.54) is 11.8 Å². The van der Waals surface area contributed by atoms with Crippen molar-refractivity contribution in [2.45, 2.75) is 48.6 Å². The third-order valence-electron chi connectivity index (χ3n) is 5.64. The number of carbonyl (C=O) groups excluding carboxylic acids is 2. The monoisotopic (exact) mass is 707 g/mol. The van der Waals surface area contributed by atoms with Gasteiger partial charge < -0.3 is 33.7 Å². The fourth-order valence-electron chi connectivity index (χ4n) is 3.99. The number of ether oxygens (including phenoxy) is 6. The first kappa shape index (κ1) is 32.9. The smallest absolute Gasteiger partial charge is 0.445 e. The molecular formula is C25H23Cl6NO8S. The Kier molecular flexibility index (Phi) is 11.7. The maximum atomic E-state index is 12.8. The molecule has 224 valence electrons. The van der Waals surface area contributed by atoms with E-state index in [4.69, 9.17) is 98.0 Å².